The van der Waals surface area contributed by atoms with Crippen molar-refractivity contribution in [3.63, 3.8) is 0 Å². The zero-order valence-electron chi connectivity index (χ0n) is 8.45. The first-order valence-corrected chi connectivity index (χ1v) is 4.70. The van der Waals surface area contributed by atoms with Crippen LogP contribution in [-0.4, -0.2) is 16.4 Å². The molecule has 3 N–H and O–H groups in total. The van der Waals surface area contributed by atoms with Crippen molar-refractivity contribution >= 4 is 0 Å². The van der Waals surface area contributed by atoms with E-state index in [-0.39, 0.29) is 0 Å². The van der Waals surface area contributed by atoms with Crippen LogP contribution < -0.4 is 10.5 Å². The summed E-state index contributed by atoms with van der Waals surface area (Å²) in [6, 6.07) is 7.64. The van der Waals surface area contributed by atoms with Crippen LogP contribution in [0.2, 0.25) is 0 Å². The summed E-state index contributed by atoms with van der Waals surface area (Å²) in [5, 5.41) is 10.0. The van der Waals surface area contributed by atoms with Crippen molar-refractivity contribution in [2.75, 3.05) is 0 Å². The minimum Gasteiger partial charge on any atom is -0.483 e. The Bertz CT molecular complexity index is 323. The number of nitrogens with two attached hydrogens (primary N) is 1. The Balaban J connectivity index is 2.46. The van der Waals surface area contributed by atoms with Crippen LogP contribution in [-0.2, 0) is 6.42 Å². The van der Waals surface area contributed by atoms with E-state index in [0.717, 1.165) is 11.3 Å². The molecule has 1 atom stereocenters. The molecule has 0 spiro atoms. The molecule has 1 heterocycles. The molecular weight excluding hydrogens is 178 g/mol. The number of para-hydroxylation sites is 1. The number of benzene rings is 1. The topological polar surface area (TPSA) is 55.5 Å². The second-order valence-corrected chi connectivity index (χ2v) is 4.32. The summed E-state index contributed by atoms with van der Waals surface area (Å²) >= 11 is 0. The second kappa shape index (κ2) is 2.72. The van der Waals surface area contributed by atoms with Crippen LogP contribution in [0, 0.1) is 0 Å². The van der Waals surface area contributed by atoms with E-state index < -0.39 is 11.3 Å². The van der Waals surface area contributed by atoms with E-state index in [2.05, 4.69) is 0 Å². The molecule has 0 amide bonds. The highest BCUT2D eigenvalue weighted by atomic mass is 16.5. The maximum Gasteiger partial charge on any atom is 0.157 e. The average molecular weight is 193 g/mol. The van der Waals surface area contributed by atoms with Crippen molar-refractivity contribution in [2.24, 2.45) is 5.73 Å². The summed E-state index contributed by atoms with van der Waals surface area (Å²) in [7, 11) is 0. The largest absolute Gasteiger partial charge is 0.483 e. The first-order valence-electron chi connectivity index (χ1n) is 4.70. The molecule has 14 heavy (non-hydrogen) atoms. The van der Waals surface area contributed by atoms with Crippen molar-refractivity contribution in [2.45, 2.75) is 31.6 Å². The van der Waals surface area contributed by atoms with Gasteiger partial charge in [-0.05, 0) is 25.5 Å². The Morgan fingerprint density at radius 3 is 2.71 bits per heavy atom. The molecule has 1 aliphatic rings. The van der Waals surface area contributed by atoms with Gasteiger partial charge in [-0.25, -0.2) is 0 Å². The molecule has 0 aliphatic carbocycles. The zero-order valence-corrected chi connectivity index (χ0v) is 8.45. The maximum atomic E-state index is 10.0. The van der Waals surface area contributed by atoms with Crippen LogP contribution in [0.3, 0.4) is 0 Å². The third-order valence-electron chi connectivity index (χ3n) is 2.84. The van der Waals surface area contributed by atoms with Crippen LogP contribution in [0.1, 0.15) is 19.4 Å². The monoisotopic (exact) mass is 193 g/mol. The molecule has 1 aliphatic heterocycles. The Labute approximate surface area is 83.5 Å². The highest BCUT2D eigenvalue weighted by Gasteiger charge is 2.46. The van der Waals surface area contributed by atoms with Gasteiger partial charge in [-0.1, -0.05) is 18.2 Å². The van der Waals surface area contributed by atoms with E-state index in [9.17, 15) is 5.11 Å². The van der Waals surface area contributed by atoms with E-state index in [1.807, 2.05) is 24.3 Å². The van der Waals surface area contributed by atoms with Crippen LogP contribution in [0.25, 0.3) is 0 Å². The smallest absolute Gasteiger partial charge is 0.157 e. The lowest BCUT2D eigenvalue weighted by Gasteiger charge is -2.44. The van der Waals surface area contributed by atoms with Gasteiger partial charge in [0.2, 0.25) is 0 Å². The minimum atomic E-state index is -1.30. The van der Waals surface area contributed by atoms with E-state index in [1.165, 1.54) is 0 Å². The third kappa shape index (κ3) is 1.29. The molecule has 76 valence electrons. The van der Waals surface area contributed by atoms with Crippen molar-refractivity contribution in [1.29, 1.82) is 0 Å². The van der Waals surface area contributed by atoms with Gasteiger partial charge in [0.15, 0.2) is 5.72 Å². The fourth-order valence-corrected chi connectivity index (χ4v) is 1.62. The van der Waals surface area contributed by atoms with Crippen LogP contribution in [0.15, 0.2) is 24.3 Å². The van der Waals surface area contributed by atoms with Crippen molar-refractivity contribution in [1.82, 2.24) is 0 Å². The first-order chi connectivity index (χ1) is 6.42. The Morgan fingerprint density at radius 1 is 1.36 bits per heavy atom. The standard InChI is InChI=1S/C11H15NO2/c1-10(2)11(12,13)7-8-5-3-4-6-9(8)14-10/h3-6,13H,7,12H2,1-2H3. The lowest BCUT2D eigenvalue weighted by molar-refractivity contribution is -0.123. The number of hydrogen-bond acceptors (Lipinski definition) is 3. The number of aliphatic hydroxyl groups is 1. The van der Waals surface area contributed by atoms with Gasteiger partial charge in [-0.3, -0.25) is 0 Å². The number of ether oxygens (including phenoxy) is 1. The summed E-state index contributed by atoms with van der Waals surface area (Å²) in [6.45, 7) is 3.59. The van der Waals surface area contributed by atoms with E-state index >= 15 is 0 Å². The molecule has 0 fully saturated rings. The number of fused-ring (bicyclic) bond motifs is 1. The molecule has 1 unspecified atom stereocenters. The van der Waals surface area contributed by atoms with Crippen molar-refractivity contribution < 1.29 is 9.84 Å². The third-order valence-corrected chi connectivity index (χ3v) is 2.84. The molecule has 2 rings (SSSR count). The second-order valence-electron chi connectivity index (χ2n) is 4.32. The minimum absolute atomic E-state index is 0.427. The Hall–Kier alpha value is -1.06. The summed E-state index contributed by atoms with van der Waals surface area (Å²) < 4.78 is 5.66. The lowest BCUT2D eigenvalue weighted by atomic mass is 9.85. The van der Waals surface area contributed by atoms with E-state index in [4.69, 9.17) is 10.5 Å². The molecule has 0 radical (unpaired) electrons. The summed E-state index contributed by atoms with van der Waals surface area (Å²) in [5.41, 5.74) is 4.70. The average Bonchev–Trinajstić information content (AvgIpc) is 2.05. The van der Waals surface area contributed by atoms with Gasteiger partial charge in [0, 0.05) is 6.42 Å². The molecule has 0 bridgehead atoms. The predicted octanol–water partition coefficient (Wildman–Crippen LogP) is 1.05. The van der Waals surface area contributed by atoms with Crippen molar-refractivity contribution in [3.8, 4) is 5.75 Å². The van der Waals surface area contributed by atoms with Gasteiger partial charge in [-0.2, -0.15) is 0 Å². The zero-order chi connectivity index (χ0) is 10.4. The highest BCUT2D eigenvalue weighted by Crippen LogP contribution is 2.36. The molecule has 0 aromatic heterocycles. The normalized spacial score (nSPS) is 29.1. The van der Waals surface area contributed by atoms with E-state index in [0.29, 0.717) is 6.42 Å². The van der Waals surface area contributed by atoms with Crippen LogP contribution in [0.4, 0.5) is 0 Å². The molecule has 1 aromatic rings. The lowest BCUT2D eigenvalue weighted by Crippen LogP contribution is -2.63. The fraction of sp³-hybridized carbons (Fsp3) is 0.455. The van der Waals surface area contributed by atoms with Gasteiger partial charge in [-0.15, -0.1) is 0 Å². The molecular formula is C11H15NO2. The summed E-state index contributed by atoms with van der Waals surface area (Å²) in [5.74, 6) is 0.813. The van der Waals surface area contributed by atoms with Gasteiger partial charge < -0.3 is 15.6 Å². The molecule has 0 saturated carbocycles. The van der Waals surface area contributed by atoms with Gasteiger partial charge in [0.1, 0.15) is 11.4 Å². The number of hydrogen-bond donors (Lipinski definition) is 2. The molecule has 1 aromatic carbocycles. The van der Waals surface area contributed by atoms with Gasteiger partial charge in [0.05, 0.1) is 0 Å². The maximum absolute atomic E-state index is 10.0. The van der Waals surface area contributed by atoms with Gasteiger partial charge in [0.25, 0.3) is 0 Å². The van der Waals surface area contributed by atoms with Gasteiger partial charge >= 0.3 is 0 Å². The fourth-order valence-electron chi connectivity index (χ4n) is 1.62. The van der Waals surface area contributed by atoms with Crippen LogP contribution >= 0.6 is 0 Å². The van der Waals surface area contributed by atoms with E-state index in [1.54, 1.807) is 13.8 Å². The molecule has 3 heteroatoms. The van der Waals surface area contributed by atoms with Crippen molar-refractivity contribution in [3.05, 3.63) is 29.8 Å². The predicted molar refractivity (Wildman–Crippen MR) is 54.0 cm³/mol. The number of rotatable bonds is 0. The SMILES string of the molecule is CC1(C)Oc2ccccc2CC1(N)O. The quantitative estimate of drug-likeness (QED) is 0.605. The highest BCUT2D eigenvalue weighted by molar-refractivity contribution is 5.38. The Morgan fingerprint density at radius 2 is 2.00 bits per heavy atom. The summed E-state index contributed by atoms with van der Waals surface area (Å²) in [6.07, 6.45) is 0.427. The molecule has 0 saturated heterocycles. The summed E-state index contributed by atoms with van der Waals surface area (Å²) in [4.78, 5) is 0. The van der Waals surface area contributed by atoms with Crippen LogP contribution in [0.5, 0.6) is 5.75 Å². The Kier molecular flexibility index (Phi) is 1.84. The molecule has 3 nitrogen and oxygen atoms in total. The first kappa shape index (κ1) is 9.49.